The van der Waals surface area contributed by atoms with Crippen molar-refractivity contribution in [1.29, 1.82) is 0 Å². The van der Waals surface area contributed by atoms with Crippen LogP contribution in [0.15, 0.2) is 29.2 Å². The zero-order valence-corrected chi connectivity index (χ0v) is 16.5. The van der Waals surface area contributed by atoms with E-state index in [4.69, 9.17) is 4.74 Å². The third-order valence-electron chi connectivity index (χ3n) is 3.54. The summed E-state index contributed by atoms with van der Waals surface area (Å²) in [5.41, 5.74) is 0. The van der Waals surface area contributed by atoms with Gasteiger partial charge in [-0.1, -0.05) is 24.7 Å². The van der Waals surface area contributed by atoms with Crippen molar-refractivity contribution >= 4 is 32.4 Å². The molecule has 142 valence electrons. The Labute approximate surface area is 157 Å². The number of carbonyl (C=O) groups is 1. The number of amides is 1. The zero-order chi connectivity index (χ0) is 19.2. The number of anilines is 1. The van der Waals surface area contributed by atoms with Crippen LogP contribution in [0.5, 0.6) is 5.75 Å². The van der Waals surface area contributed by atoms with E-state index in [1.165, 1.54) is 37.5 Å². The summed E-state index contributed by atoms with van der Waals surface area (Å²) in [7, 11) is -2.33. The zero-order valence-electron chi connectivity index (χ0n) is 14.9. The van der Waals surface area contributed by atoms with Gasteiger partial charge in [-0.3, -0.25) is 10.1 Å². The molecule has 1 aromatic heterocycles. The minimum absolute atomic E-state index is 0.0516. The quantitative estimate of drug-likeness (QED) is 0.670. The highest BCUT2D eigenvalue weighted by Gasteiger charge is 2.23. The fourth-order valence-corrected chi connectivity index (χ4v) is 4.04. The number of benzene rings is 1. The molecule has 0 fully saturated rings. The van der Waals surface area contributed by atoms with Gasteiger partial charge in [-0.25, -0.2) is 8.42 Å². The molecule has 26 heavy (non-hydrogen) atoms. The maximum Gasteiger partial charge on any atom is 0.244 e. The topological polar surface area (TPSA) is 110 Å². The van der Waals surface area contributed by atoms with Crippen molar-refractivity contribution < 1.29 is 17.9 Å². The highest BCUT2D eigenvalue weighted by Crippen LogP contribution is 2.18. The fourth-order valence-electron chi connectivity index (χ4n) is 2.06. The number of rotatable bonds is 9. The summed E-state index contributed by atoms with van der Waals surface area (Å²) >= 11 is 1.29. The molecule has 0 bridgehead atoms. The van der Waals surface area contributed by atoms with Crippen LogP contribution >= 0.6 is 11.3 Å². The van der Waals surface area contributed by atoms with Crippen molar-refractivity contribution in [3.05, 3.63) is 29.3 Å². The van der Waals surface area contributed by atoms with Crippen LogP contribution in [0.25, 0.3) is 0 Å². The van der Waals surface area contributed by atoms with Gasteiger partial charge in [0.2, 0.25) is 21.1 Å². The highest BCUT2D eigenvalue weighted by atomic mass is 32.2. The van der Waals surface area contributed by atoms with E-state index in [1.807, 2.05) is 0 Å². The van der Waals surface area contributed by atoms with Crippen molar-refractivity contribution in [2.45, 2.75) is 44.0 Å². The van der Waals surface area contributed by atoms with E-state index in [0.29, 0.717) is 10.9 Å². The average molecular weight is 399 g/mol. The van der Waals surface area contributed by atoms with E-state index < -0.39 is 22.0 Å². The van der Waals surface area contributed by atoms with Gasteiger partial charge in [-0.05, 0) is 37.6 Å². The van der Waals surface area contributed by atoms with Gasteiger partial charge < -0.3 is 4.74 Å². The lowest BCUT2D eigenvalue weighted by atomic mass is 10.3. The molecule has 1 aromatic carbocycles. The normalized spacial score (nSPS) is 12.6. The molecule has 8 nitrogen and oxygen atoms in total. The Morgan fingerprint density at radius 2 is 1.96 bits per heavy atom. The van der Waals surface area contributed by atoms with Crippen molar-refractivity contribution in [2.75, 3.05) is 12.4 Å². The molecular formula is C16H22N4O4S2. The summed E-state index contributed by atoms with van der Waals surface area (Å²) in [6.07, 6.45) is 2.86. The van der Waals surface area contributed by atoms with Crippen LogP contribution in [0.4, 0.5) is 5.13 Å². The summed E-state index contributed by atoms with van der Waals surface area (Å²) in [5, 5.41) is 11.7. The summed E-state index contributed by atoms with van der Waals surface area (Å²) in [6.45, 7) is 3.55. The minimum Gasteiger partial charge on any atom is -0.497 e. The standard InChI is InChI=1S/C16H22N4O4S2/c1-4-5-6-14-18-19-16(25-14)17-15(21)11(2)20-26(22,23)13-9-7-12(24-3)8-10-13/h7-11,20H,4-6H2,1-3H3,(H,17,19,21)/t11-/m0/s1. The number of unbranched alkanes of at least 4 members (excludes halogenated alkanes) is 1. The maximum atomic E-state index is 12.4. The molecule has 1 atom stereocenters. The molecule has 2 aromatic rings. The van der Waals surface area contributed by atoms with Crippen molar-refractivity contribution in [1.82, 2.24) is 14.9 Å². The van der Waals surface area contributed by atoms with Gasteiger partial charge in [0.25, 0.3) is 0 Å². The Bertz CT molecular complexity index is 834. The number of aryl methyl sites for hydroxylation is 1. The van der Waals surface area contributed by atoms with Crippen LogP contribution < -0.4 is 14.8 Å². The number of hydrogen-bond acceptors (Lipinski definition) is 7. The molecule has 2 rings (SSSR count). The average Bonchev–Trinajstić information content (AvgIpc) is 3.06. The van der Waals surface area contributed by atoms with Gasteiger partial charge in [0.1, 0.15) is 10.8 Å². The highest BCUT2D eigenvalue weighted by molar-refractivity contribution is 7.89. The molecule has 0 saturated heterocycles. The van der Waals surface area contributed by atoms with Gasteiger partial charge in [0.15, 0.2) is 0 Å². The van der Waals surface area contributed by atoms with Gasteiger partial charge in [0, 0.05) is 6.42 Å². The molecule has 0 unspecified atom stereocenters. The number of nitrogens with one attached hydrogen (secondary N) is 2. The lowest BCUT2D eigenvalue weighted by Gasteiger charge is -2.13. The SMILES string of the molecule is CCCCc1nnc(NC(=O)[C@H](C)NS(=O)(=O)c2ccc(OC)cc2)s1. The largest absolute Gasteiger partial charge is 0.497 e. The number of carbonyl (C=O) groups excluding carboxylic acids is 1. The Kier molecular flexibility index (Phi) is 7.06. The summed E-state index contributed by atoms with van der Waals surface area (Å²) in [5.74, 6) is 0.0465. The maximum absolute atomic E-state index is 12.4. The lowest BCUT2D eigenvalue weighted by molar-refractivity contribution is -0.117. The van der Waals surface area contributed by atoms with Crippen LogP contribution in [-0.2, 0) is 21.2 Å². The first-order valence-electron chi connectivity index (χ1n) is 8.15. The molecule has 0 aliphatic carbocycles. The van der Waals surface area contributed by atoms with Crippen molar-refractivity contribution in [3.8, 4) is 5.75 Å². The second-order valence-electron chi connectivity index (χ2n) is 5.61. The predicted molar refractivity (Wildman–Crippen MR) is 99.9 cm³/mol. The predicted octanol–water partition coefficient (Wildman–Crippen LogP) is 2.19. The third-order valence-corrected chi connectivity index (χ3v) is 5.99. The van der Waals surface area contributed by atoms with Crippen molar-refractivity contribution in [3.63, 3.8) is 0 Å². The molecule has 1 amide bonds. The van der Waals surface area contributed by atoms with E-state index in [1.54, 1.807) is 12.1 Å². The smallest absolute Gasteiger partial charge is 0.244 e. The fraction of sp³-hybridized carbons (Fsp3) is 0.438. The van der Waals surface area contributed by atoms with Gasteiger partial charge in [-0.2, -0.15) is 4.72 Å². The van der Waals surface area contributed by atoms with Gasteiger partial charge in [-0.15, -0.1) is 10.2 Å². The minimum atomic E-state index is -3.83. The van der Waals surface area contributed by atoms with Crippen LogP contribution in [0, 0.1) is 0 Å². The summed E-state index contributed by atoms with van der Waals surface area (Å²) in [6, 6.07) is 4.94. The van der Waals surface area contributed by atoms with Crippen molar-refractivity contribution in [2.24, 2.45) is 0 Å². The van der Waals surface area contributed by atoms with Gasteiger partial charge >= 0.3 is 0 Å². The summed E-state index contributed by atoms with van der Waals surface area (Å²) < 4.78 is 32.1. The second kappa shape index (κ2) is 9.06. The molecule has 10 heteroatoms. The van der Waals surface area contributed by atoms with Crippen LogP contribution in [0.3, 0.4) is 0 Å². The van der Waals surface area contributed by atoms with Crippen LogP contribution in [0.1, 0.15) is 31.7 Å². The van der Waals surface area contributed by atoms with E-state index in [2.05, 4.69) is 27.2 Å². The molecule has 2 N–H and O–H groups in total. The number of ether oxygens (including phenoxy) is 1. The Morgan fingerprint density at radius 3 is 2.58 bits per heavy atom. The molecule has 0 aliphatic heterocycles. The first-order chi connectivity index (χ1) is 12.4. The van der Waals surface area contributed by atoms with Crippen LogP contribution in [-0.4, -0.2) is 37.7 Å². The van der Waals surface area contributed by atoms with Crippen LogP contribution in [0.2, 0.25) is 0 Å². The monoisotopic (exact) mass is 398 g/mol. The lowest BCUT2D eigenvalue weighted by Crippen LogP contribution is -2.41. The van der Waals surface area contributed by atoms with E-state index in [-0.39, 0.29) is 4.90 Å². The molecule has 0 radical (unpaired) electrons. The molecule has 1 heterocycles. The molecular weight excluding hydrogens is 376 g/mol. The summed E-state index contributed by atoms with van der Waals surface area (Å²) in [4.78, 5) is 12.3. The molecule has 0 saturated carbocycles. The number of sulfonamides is 1. The van der Waals surface area contributed by atoms with E-state index in [0.717, 1.165) is 24.3 Å². The first kappa shape index (κ1) is 20.3. The van der Waals surface area contributed by atoms with Gasteiger partial charge in [0.05, 0.1) is 18.0 Å². The van der Waals surface area contributed by atoms with E-state index in [9.17, 15) is 13.2 Å². The van der Waals surface area contributed by atoms with E-state index >= 15 is 0 Å². The first-order valence-corrected chi connectivity index (χ1v) is 10.4. The Balaban J connectivity index is 1.97. The Morgan fingerprint density at radius 1 is 1.27 bits per heavy atom. The Hall–Kier alpha value is -2.04. The number of nitrogens with zero attached hydrogens (tertiary/aromatic N) is 2. The second-order valence-corrected chi connectivity index (χ2v) is 8.39. The third kappa shape index (κ3) is 5.48. The molecule has 0 spiro atoms. The number of hydrogen-bond donors (Lipinski definition) is 2. The number of methoxy groups -OCH3 is 1. The molecule has 0 aliphatic rings. The number of aromatic nitrogens is 2.